The number of nitrogens with zero attached hydrogens (tertiary/aromatic N) is 2. The first kappa shape index (κ1) is 36.0. The fourth-order valence-electron chi connectivity index (χ4n) is 4.77. The topological polar surface area (TPSA) is 142 Å². The molecular formula is C32H41N3O9S2Si. The zero-order chi connectivity index (χ0) is 34.4. The van der Waals surface area contributed by atoms with Crippen molar-refractivity contribution in [3.63, 3.8) is 0 Å². The van der Waals surface area contributed by atoms with Gasteiger partial charge in [0.15, 0.2) is 0 Å². The quantitative estimate of drug-likeness (QED) is 0.0954. The van der Waals surface area contributed by atoms with Crippen LogP contribution >= 0.6 is 0 Å². The zero-order valence-corrected chi connectivity index (χ0v) is 30.0. The number of benzene rings is 3. The Kier molecular flexibility index (Phi) is 11.4. The number of nitrogens with one attached hydrogen (secondary N) is 1. The third-order valence-electron chi connectivity index (χ3n) is 7.40. The minimum Gasteiger partial charge on any atom is -0.497 e. The summed E-state index contributed by atoms with van der Waals surface area (Å²) < 4.78 is 81.5. The number of carbonyl (C=O) groups is 1. The van der Waals surface area contributed by atoms with Gasteiger partial charge in [0.05, 0.1) is 42.3 Å². The molecule has 0 fully saturated rings. The van der Waals surface area contributed by atoms with Gasteiger partial charge in [-0.2, -0.15) is 4.31 Å². The van der Waals surface area contributed by atoms with Crippen LogP contribution < -0.4 is 14.2 Å². The van der Waals surface area contributed by atoms with E-state index in [-0.39, 0.29) is 28.8 Å². The van der Waals surface area contributed by atoms with Crippen LogP contribution in [0.5, 0.6) is 11.5 Å². The predicted molar refractivity (Wildman–Crippen MR) is 182 cm³/mol. The molecule has 0 aliphatic carbocycles. The summed E-state index contributed by atoms with van der Waals surface area (Å²) in [5, 5.41) is 0.457. The van der Waals surface area contributed by atoms with Gasteiger partial charge in [-0.25, -0.2) is 16.8 Å². The van der Waals surface area contributed by atoms with Gasteiger partial charge in [-0.3, -0.25) is 9.52 Å². The maximum absolute atomic E-state index is 13.9. The van der Waals surface area contributed by atoms with Gasteiger partial charge in [0.25, 0.3) is 10.0 Å². The molecule has 0 atom stereocenters. The van der Waals surface area contributed by atoms with E-state index in [0.29, 0.717) is 34.6 Å². The molecule has 254 valence electrons. The van der Waals surface area contributed by atoms with Crippen molar-refractivity contribution in [3.05, 3.63) is 78.5 Å². The standard InChI is InChI=1S/C32H41N3O9S2Si/c1-41-25-10-14-27(15-11-25)45(37,38)33-29-8-7-9-30-32(29)24(20-34(30)23-44-18-19-47(4,5)6)21-35(22-31(36)43-3)46(39,40)28-16-12-26(42-2)13-17-28/h7-17,20,33H,18-19,21-23H2,1-6H3. The number of anilines is 1. The van der Waals surface area contributed by atoms with Crippen molar-refractivity contribution in [2.45, 2.75) is 48.8 Å². The summed E-state index contributed by atoms with van der Waals surface area (Å²) in [6.45, 7) is 6.58. The Labute approximate surface area is 277 Å². The minimum absolute atomic E-state index is 0.0142. The first-order valence-electron chi connectivity index (χ1n) is 14.7. The van der Waals surface area contributed by atoms with Crippen LogP contribution in [0.4, 0.5) is 5.69 Å². The van der Waals surface area contributed by atoms with Crippen molar-refractivity contribution in [3.8, 4) is 11.5 Å². The van der Waals surface area contributed by atoms with Crippen molar-refractivity contribution in [1.82, 2.24) is 8.87 Å². The van der Waals surface area contributed by atoms with Crippen LogP contribution in [0.3, 0.4) is 0 Å². The summed E-state index contributed by atoms with van der Waals surface area (Å²) in [4.78, 5) is 12.5. The zero-order valence-electron chi connectivity index (χ0n) is 27.3. The SMILES string of the molecule is COC(=O)CN(Cc1cn(COCC[Si](C)(C)C)c2cccc(NS(=O)(=O)c3ccc(OC)cc3)c12)S(=O)(=O)c1ccc(OC)cc1. The van der Waals surface area contributed by atoms with Crippen molar-refractivity contribution < 1.29 is 40.6 Å². The van der Waals surface area contributed by atoms with E-state index in [1.54, 1.807) is 41.1 Å². The van der Waals surface area contributed by atoms with Gasteiger partial charge in [0, 0.05) is 32.8 Å². The highest BCUT2D eigenvalue weighted by atomic mass is 32.2. The lowest BCUT2D eigenvalue weighted by Crippen LogP contribution is -2.35. The van der Waals surface area contributed by atoms with Crippen molar-refractivity contribution in [1.29, 1.82) is 0 Å². The largest absolute Gasteiger partial charge is 0.497 e. The molecule has 0 radical (unpaired) electrons. The van der Waals surface area contributed by atoms with E-state index in [2.05, 4.69) is 24.4 Å². The molecule has 0 aliphatic heterocycles. The Bertz CT molecular complexity index is 1900. The summed E-state index contributed by atoms with van der Waals surface area (Å²) in [6, 6.07) is 17.8. The summed E-state index contributed by atoms with van der Waals surface area (Å²) in [5.41, 5.74) is 1.29. The van der Waals surface area contributed by atoms with E-state index >= 15 is 0 Å². The molecule has 1 heterocycles. The first-order chi connectivity index (χ1) is 22.2. The summed E-state index contributed by atoms with van der Waals surface area (Å²) >= 11 is 0. The third-order valence-corrected chi connectivity index (χ3v) is 12.3. The fraction of sp³-hybridized carbons (Fsp3) is 0.344. The normalized spacial score (nSPS) is 12.3. The van der Waals surface area contributed by atoms with Gasteiger partial charge in [-0.1, -0.05) is 25.7 Å². The molecule has 0 spiro atoms. The lowest BCUT2D eigenvalue weighted by Gasteiger charge is -2.21. The summed E-state index contributed by atoms with van der Waals surface area (Å²) in [7, 11) is -5.52. The van der Waals surface area contributed by atoms with Gasteiger partial charge in [0.2, 0.25) is 10.0 Å². The van der Waals surface area contributed by atoms with E-state index in [1.165, 1.54) is 57.7 Å². The summed E-state index contributed by atoms with van der Waals surface area (Å²) in [6.07, 6.45) is 1.72. The smallest absolute Gasteiger partial charge is 0.321 e. The first-order valence-corrected chi connectivity index (χ1v) is 21.4. The Morgan fingerprint density at radius 1 is 0.851 bits per heavy atom. The molecule has 0 saturated carbocycles. The lowest BCUT2D eigenvalue weighted by atomic mass is 10.1. The van der Waals surface area contributed by atoms with E-state index in [0.717, 1.165) is 10.3 Å². The number of rotatable bonds is 16. The van der Waals surface area contributed by atoms with Gasteiger partial charge in [-0.15, -0.1) is 0 Å². The van der Waals surface area contributed by atoms with Crippen molar-refractivity contribution in [2.75, 3.05) is 39.2 Å². The Morgan fingerprint density at radius 3 is 2.00 bits per heavy atom. The second kappa shape index (κ2) is 14.9. The molecule has 1 N–H and O–H groups in total. The molecule has 0 amide bonds. The van der Waals surface area contributed by atoms with E-state index in [1.807, 2.05) is 0 Å². The molecule has 3 aromatic carbocycles. The Morgan fingerprint density at radius 2 is 1.45 bits per heavy atom. The number of fused-ring (bicyclic) bond motifs is 1. The van der Waals surface area contributed by atoms with Crippen LogP contribution in [0.15, 0.2) is 82.7 Å². The number of esters is 1. The van der Waals surface area contributed by atoms with Crippen LogP contribution in [0.2, 0.25) is 25.7 Å². The maximum Gasteiger partial charge on any atom is 0.321 e. The van der Waals surface area contributed by atoms with Crippen LogP contribution in [-0.2, 0) is 47.6 Å². The molecule has 0 bridgehead atoms. The summed E-state index contributed by atoms with van der Waals surface area (Å²) in [5.74, 6) is 0.207. The monoisotopic (exact) mass is 703 g/mol. The number of hydrogen-bond donors (Lipinski definition) is 1. The van der Waals surface area contributed by atoms with Crippen molar-refractivity contribution in [2.24, 2.45) is 0 Å². The van der Waals surface area contributed by atoms with E-state index in [9.17, 15) is 21.6 Å². The predicted octanol–water partition coefficient (Wildman–Crippen LogP) is 5.14. The van der Waals surface area contributed by atoms with E-state index in [4.69, 9.17) is 18.9 Å². The molecule has 0 unspecified atom stereocenters. The van der Waals surface area contributed by atoms with Gasteiger partial charge >= 0.3 is 5.97 Å². The Balaban J connectivity index is 1.80. The highest BCUT2D eigenvalue weighted by Gasteiger charge is 2.29. The third kappa shape index (κ3) is 8.93. The average molecular weight is 704 g/mol. The molecule has 1 aromatic heterocycles. The molecule has 0 saturated heterocycles. The van der Waals surface area contributed by atoms with Gasteiger partial charge in [0.1, 0.15) is 24.8 Å². The van der Waals surface area contributed by atoms with Crippen LogP contribution in [0, 0.1) is 0 Å². The van der Waals surface area contributed by atoms with Crippen LogP contribution in [0.1, 0.15) is 5.56 Å². The number of aromatic nitrogens is 1. The van der Waals surface area contributed by atoms with Gasteiger partial charge in [-0.05, 0) is 72.3 Å². The molecular weight excluding hydrogens is 663 g/mol. The van der Waals surface area contributed by atoms with E-state index < -0.39 is 40.6 Å². The lowest BCUT2D eigenvalue weighted by molar-refractivity contribution is -0.140. The molecule has 47 heavy (non-hydrogen) atoms. The number of hydrogen-bond acceptors (Lipinski definition) is 9. The maximum atomic E-state index is 13.9. The number of carbonyl (C=O) groups excluding carboxylic acids is 1. The van der Waals surface area contributed by atoms with Crippen LogP contribution in [-0.4, -0.2) is 74.2 Å². The minimum atomic E-state index is -4.23. The highest BCUT2D eigenvalue weighted by Crippen LogP contribution is 2.33. The molecule has 4 rings (SSSR count). The average Bonchev–Trinajstić information content (AvgIpc) is 3.40. The highest BCUT2D eigenvalue weighted by molar-refractivity contribution is 7.92. The van der Waals surface area contributed by atoms with Crippen molar-refractivity contribution >= 4 is 50.7 Å². The number of ether oxygens (including phenoxy) is 4. The fourth-order valence-corrected chi connectivity index (χ4v) is 7.96. The number of sulfonamides is 2. The number of methoxy groups -OCH3 is 3. The molecule has 12 nitrogen and oxygen atoms in total. The molecule has 15 heteroatoms. The molecule has 0 aliphatic rings. The van der Waals surface area contributed by atoms with Gasteiger partial charge < -0.3 is 23.5 Å². The second-order valence-corrected chi connectivity index (χ2v) is 21.2. The Hall–Kier alpha value is -3.89. The second-order valence-electron chi connectivity index (χ2n) is 12.0. The van der Waals surface area contributed by atoms with Crippen LogP contribution in [0.25, 0.3) is 10.9 Å². The molecule has 4 aromatic rings.